The minimum atomic E-state index is 0.806. The fraction of sp³-hybridized carbons (Fsp3) is 0.647. The highest BCUT2D eigenvalue weighted by Gasteiger charge is 2.33. The maximum Gasteiger partial charge on any atom is 0.120 e. The van der Waals surface area contributed by atoms with Crippen molar-refractivity contribution >= 4 is 5.69 Å². The smallest absolute Gasteiger partial charge is 0.120 e. The summed E-state index contributed by atoms with van der Waals surface area (Å²) in [6, 6.07) is 9.96. The highest BCUT2D eigenvalue weighted by Crippen LogP contribution is 2.33. The molecule has 0 aliphatic carbocycles. The van der Waals surface area contributed by atoms with Gasteiger partial charge in [-0.25, -0.2) is 0 Å². The van der Waals surface area contributed by atoms with Gasteiger partial charge in [0.2, 0.25) is 0 Å². The normalized spacial score (nSPS) is 28.4. The molecule has 0 aromatic heterocycles. The maximum absolute atomic E-state index is 5.30. The topological polar surface area (TPSA) is 24.5 Å². The molecule has 0 saturated carbocycles. The van der Waals surface area contributed by atoms with E-state index in [1.54, 1.807) is 7.11 Å². The number of rotatable bonds is 5. The van der Waals surface area contributed by atoms with E-state index in [2.05, 4.69) is 35.5 Å². The average Bonchev–Trinajstić information content (AvgIpc) is 2.83. The lowest BCUT2D eigenvalue weighted by Crippen LogP contribution is -2.38. The minimum Gasteiger partial charge on any atom is -0.497 e. The summed E-state index contributed by atoms with van der Waals surface area (Å²) in [7, 11) is 3.91. The lowest BCUT2D eigenvalue weighted by molar-refractivity contribution is 0.288. The molecule has 110 valence electrons. The van der Waals surface area contributed by atoms with Gasteiger partial charge in [0.15, 0.2) is 0 Å². The first-order valence-corrected chi connectivity index (χ1v) is 7.86. The number of benzene rings is 1. The molecular formula is C17H26N2O. The van der Waals surface area contributed by atoms with Crippen LogP contribution >= 0.6 is 0 Å². The van der Waals surface area contributed by atoms with E-state index in [4.69, 9.17) is 4.74 Å². The van der Waals surface area contributed by atoms with Crippen molar-refractivity contribution in [2.45, 2.75) is 44.2 Å². The minimum absolute atomic E-state index is 0.806. The van der Waals surface area contributed by atoms with E-state index in [1.807, 2.05) is 6.07 Å². The number of methoxy groups -OCH3 is 1. The van der Waals surface area contributed by atoms with Crippen LogP contribution in [0.4, 0.5) is 5.69 Å². The molecule has 2 unspecified atom stereocenters. The summed E-state index contributed by atoms with van der Waals surface area (Å²) < 4.78 is 5.30. The van der Waals surface area contributed by atoms with E-state index in [0.717, 1.165) is 30.3 Å². The van der Waals surface area contributed by atoms with Crippen molar-refractivity contribution in [3.05, 3.63) is 24.3 Å². The summed E-state index contributed by atoms with van der Waals surface area (Å²) >= 11 is 0. The zero-order valence-electron chi connectivity index (χ0n) is 12.6. The molecule has 2 heterocycles. The molecule has 0 radical (unpaired) electrons. The lowest BCUT2D eigenvalue weighted by Gasteiger charge is -2.30. The average molecular weight is 274 g/mol. The molecule has 2 bridgehead atoms. The van der Waals surface area contributed by atoms with E-state index in [9.17, 15) is 0 Å². The molecule has 2 atom stereocenters. The van der Waals surface area contributed by atoms with Crippen LogP contribution in [0.1, 0.15) is 32.1 Å². The highest BCUT2D eigenvalue weighted by molar-refractivity contribution is 5.49. The third-order valence-electron chi connectivity index (χ3n) is 4.94. The van der Waals surface area contributed by atoms with Crippen LogP contribution in [0.5, 0.6) is 5.75 Å². The molecule has 1 aromatic carbocycles. The standard InChI is InChI=1S/C17H26N2O/c1-19(16-4-3-5-17(12-16)20-2)9-8-13-10-14-6-7-15(11-13)18-14/h3-5,12-15,18H,6-11H2,1-2H3. The second-order valence-electron chi connectivity index (χ2n) is 6.39. The quantitative estimate of drug-likeness (QED) is 0.893. The van der Waals surface area contributed by atoms with Gasteiger partial charge in [0.25, 0.3) is 0 Å². The number of anilines is 1. The number of nitrogens with zero attached hydrogens (tertiary/aromatic N) is 1. The first-order valence-electron chi connectivity index (χ1n) is 7.86. The van der Waals surface area contributed by atoms with Crippen molar-refractivity contribution in [3.63, 3.8) is 0 Å². The molecule has 2 aliphatic rings. The third-order valence-corrected chi connectivity index (χ3v) is 4.94. The number of hydrogen-bond donors (Lipinski definition) is 1. The van der Waals surface area contributed by atoms with Gasteiger partial charge in [0.1, 0.15) is 5.75 Å². The molecule has 3 heteroatoms. The van der Waals surface area contributed by atoms with E-state index in [-0.39, 0.29) is 0 Å². The van der Waals surface area contributed by atoms with Gasteiger partial charge < -0.3 is 15.0 Å². The molecule has 0 spiro atoms. The van der Waals surface area contributed by atoms with Crippen LogP contribution in [-0.2, 0) is 0 Å². The summed E-state index contributed by atoms with van der Waals surface area (Å²) in [6.45, 7) is 1.14. The van der Waals surface area contributed by atoms with Crippen molar-refractivity contribution in [3.8, 4) is 5.75 Å². The van der Waals surface area contributed by atoms with Crippen LogP contribution in [0, 0.1) is 5.92 Å². The summed E-state index contributed by atoms with van der Waals surface area (Å²) in [6.07, 6.45) is 6.85. The largest absolute Gasteiger partial charge is 0.497 e. The fourth-order valence-corrected chi connectivity index (χ4v) is 3.76. The van der Waals surface area contributed by atoms with Crippen molar-refractivity contribution in [2.75, 3.05) is 25.6 Å². The molecule has 3 rings (SSSR count). The van der Waals surface area contributed by atoms with E-state index >= 15 is 0 Å². The van der Waals surface area contributed by atoms with Gasteiger partial charge in [-0.05, 0) is 50.2 Å². The first-order chi connectivity index (χ1) is 9.74. The second kappa shape index (κ2) is 6.04. The maximum atomic E-state index is 5.30. The van der Waals surface area contributed by atoms with Crippen molar-refractivity contribution in [2.24, 2.45) is 5.92 Å². The highest BCUT2D eigenvalue weighted by atomic mass is 16.5. The zero-order valence-corrected chi connectivity index (χ0v) is 12.6. The SMILES string of the molecule is COc1cccc(N(C)CCC2CC3CCC(C2)N3)c1. The van der Waals surface area contributed by atoms with Gasteiger partial charge in [0.05, 0.1) is 7.11 Å². The van der Waals surface area contributed by atoms with E-state index in [1.165, 1.54) is 37.8 Å². The van der Waals surface area contributed by atoms with E-state index < -0.39 is 0 Å². The number of fused-ring (bicyclic) bond motifs is 2. The zero-order chi connectivity index (χ0) is 13.9. The van der Waals surface area contributed by atoms with Crippen molar-refractivity contribution in [1.82, 2.24) is 5.32 Å². The summed E-state index contributed by atoms with van der Waals surface area (Å²) in [5.41, 5.74) is 1.25. The molecule has 20 heavy (non-hydrogen) atoms. The number of ether oxygens (including phenoxy) is 1. The van der Waals surface area contributed by atoms with Crippen LogP contribution in [0.25, 0.3) is 0 Å². The van der Waals surface area contributed by atoms with Gasteiger partial charge in [-0.15, -0.1) is 0 Å². The molecule has 3 nitrogen and oxygen atoms in total. The molecular weight excluding hydrogens is 248 g/mol. The van der Waals surface area contributed by atoms with E-state index in [0.29, 0.717) is 0 Å². The van der Waals surface area contributed by atoms with Gasteiger partial charge in [-0.1, -0.05) is 6.07 Å². The Hall–Kier alpha value is -1.22. The van der Waals surface area contributed by atoms with Crippen LogP contribution in [0.3, 0.4) is 0 Å². The monoisotopic (exact) mass is 274 g/mol. The fourth-order valence-electron chi connectivity index (χ4n) is 3.76. The Labute approximate surface area is 122 Å². The number of nitrogens with one attached hydrogen (secondary N) is 1. The molecule has 2 fully saturated rings. The molecule has 1 aromatic rings. The Morgan fingerprint density at radius 2 is 2.00 bits per heavy atom. The predicted octanol–water partition coefficient (Wildman–Crippen LogP) is 3.05. The lowest BCUT2D eigenvalue weighted by atomic mass is 9.89. The molecule has 2 aliphatic heterocycles. The Bertz CT molecular complexity index is 436. The molecule has 1 N–H and O–H groups in total. The van der Waals surface area contributed by atoms with Crippen molar-refractivity contribution in [1.29, 1.82) is 0 Å². The molecule has 0 amide bonds. The predicted molar refractivity (Wildman–Crippen MR) is 83.6 cm³/mol. The van der Waals surface area contributed by atoms with Crippen LogP contribution in [0.2, 0.25) is 0 Å². The summed E-state index contributed by atoms with van der Waals surface area (Å²) in [4.78, 5) is 2.35. The van der Waals surface area contributed by atoms with Crippen LogP contribution < -0.4 is 15.0 Å². The van der Waals surface area contributed by atoms with Gasteiger partial charge in [0, 0.05) is 37.4 Å². The Morgan fingerprint density at radius 3 is 2.70 bits per heavy atom. The first kappa shape index (κ1) is 13.7. The summed E-state index contributed by atoms with van der Waals surface area (Å²) in [5, 5.41) is 3.72. The Kier molecular flexibility index (Phi) is 4.16. The van der Waals surface area contributed by atoms with Crippen molar-refractivity contribution < 1.29 is 4.74 Å². The number of piperidine rings is 1. The summed E-state index contributed by atoms with van der Waals surface area (Å²) in [5.74, 6) is 1.84. The Morgan fingerprint density at radius 1 is 1.25 bits per heavy atom. The Balaban J connectivity index is 1.52. The third kappa shape index (κ3) is 3.09. The van der Waals surface area contributed by atoms with Gasteiger partial charge >= 0.3 is 0 Å². The number of hydrogen-bond acceptors (Lipinski definition) is 3. The van der Waals surface area contributed by atoms with Gasteiger partial charge in [-0.3, -0.25) is 0 Å². The van der Waals surface area contributed by atoms with Crippen LogP contribution in [-0.4, -0.2) is 32.8 Å². The van der Waals surface area contributed by atoms with Gasteiger partial charge in [-0.2, -0.15) is 0 Å². The molecule has 2 saturated heterocycles. The second-order valence-corrected chi connectivity index (χ2v) is 6.39. The van der Waals surface area contributed by atoms with Crippen LogP contribution in [0.15, 0.2) is 24.3 Å².